The van der Waals surface area contributed by atoms with Crippen molar-refractivity contribution in [3.05, 3.63) is 18.1 Å². The number of rotatable bonds is 0. The molecule has 0 aromatic carbocycles. The van der Waals surface area contributed by atoms with Gasteiger partial charge in [-0.3, -0.25) is 0 Å². The molecule has 0 fully saturated rings. The molecule has 53 valence electrons. The van der Waals surface area contributed by atoms with Crippen molar-refractivity contribution in [3.8, 4) is 11.8 Å². The lowest BCUT2D eigenvalue weighted by molar-refractivity contribution is 0.573. The molecular weight excluding hydrogens is 127 g/mol. The fraction of sp³-hybridized carbons (Fsp3) is 0.444. The van der Waals surface area contributed by atoms with Crippen LogP contribution in [0, 0.1) is 18.3 Å². The molecule has 1 aliphatic rings. The van der Waals surface area contributed by atoms with Gasteiger partial charge in [0.1, 0.15) is 0 Å². The summed E-state index contributed by atoms with van der Waals surface area (Å²) in [4.78, 5) is 0. The highest BCUT2D eigenvalue weighted by atomic mass is 19.1. The van der Waals surface area contributed by atoms with Gasteiger partial charge in [0.25, 0.3) is 0 Å². The first-order valence-corrected chi connectivity index (χ1v) is 3.49. The smallest absolute Gasteiger partial charge is 0.150 e. The molecule has 0 nitrogen and oxygen atoms in total. The molecule has 0 amide bonds. The van der Waals surface area contributed by atoms with Crippen LogP contribution in [0.25, 0.3) is 0 Å². The molecule has 0 saturated carbocycles. The van der Waals surface area contributed by atoms with Gasteiger partial charge in [-0.25, -0.2) is 4.39 Å². The number of hydrogen-bond acceptors (Lipinski definition) is 0. The molecule has 0 N–H and O–H groups in total. The van der Waals surface area contributed by atoms with Gasteiger partial charge in [-0.05, 0) is 31.3 Å². The van der Waals surface area contributed by atoms with Gasteiger partial charge in [0.2, 0.25) is 0 Å². The van der Waals surface area contributed by atoms with Gasteiger partial charge < -0.3 is 0 Å². The van der Waals surface area contributed by atoms with E-state index in [0.717, 1.165) is 24.8 Å². The molecule has 0 spiro atoms. The second-order valence-corrected chi connectivity index (χ2v) is 2.23. The van der Waals surface area contributed by atoms with E-state index >= 15 is 0 Å². The maximum Gasteiger partial charge on any atom is 0.150 e. The van der Waals surface area contributed by atoms with Crippen molar-refractivity contribution in [2.45, 2.75) is 19.3 Å². The number of alkyl halides is 1. The Morgan fingerprint density at radius 3 is 3.10 bits per heavy atom. The zero-order chi connectivity index (χ0) is 7.23. The van der Waals surface area contributed by atoms with E-state index in [2.05, 4.69) is 24.3 Å². The molecule has 0 atom stereocenters. The minimum Gasteiger partial charge on any atom is -0.237 e. The van der Waals surface area contributed by atoms with E-state index in [-0.39, 0.29) is 0 Å². The Morgan fingerprint density at radius 2 is 2.50 bits per heavy atom. The Kier molecular flexibility index (Phi) is 3.02. The molecule has 0 unspecified atom stereocenters. The number of halogens is 1. The van der Waals surface area contributed by atoms with Crippen LogP contribution in [0.4, 0.5) is 4.39 Å². The first kappa shape index (κ1) is 7.34. The molecule has 0 aromatic rings. The highest BCUT2D eigenvalue weighted by Gasteiger charge is 1.98. The predicted octanol–water partition coefficient (Wildman–Crippen LogP) is 2.27. The van der Waals surface area contributed by atoms with Crippen LogP contribution in [0.5, 0.6) is 0 Å². The van der Waals surface area contributed by atoms with Crippen LogP contribution in [-0.2, 0) is 0 Å². The molecule has 1 radical (unpaired) electrons. The number of hydrogen-bond donors (Lipinski definition) is 0. The van der Waals surface area contributed by atoms with Crippen LogP contribution in [0.3, 0.4) is 0 Å². The predicted molar refractivity (Wildman–Crippen MR) is 40.0 cm³/mol. The van der Waals surface area contributed by atoms with Gasteiger partial charge in [0, 0.05) is 0 Å². The lowest BCUT2D eigenvalue weighted by atomic mass is 10.0. The second-order valence-electron chi connectivity index (χ2n) is 2.23. The Hall–Kier alpha value is -0.770. The lowest BCUT2D eigenvalue weighted by Gasteiger charge is -2.04. The third kappa shape index (κ3) is 2.23. The SMILES string of the molecule is FCC#CC1=CC[CH]CC1. The van der Waals surface area contributed by atoms with E-state index in [1.807, 2.05) is 0 Å². The van der Waals surface area contributed by atoms with E-state index in [9.17, 15) is 4.39 Å². The van der Waals surface area contributed by atoms with Gasteiger partial charge in [0.15, 0.2) is 6.67 Å². The van der Waals surface area contributed by atoms with Gasteiger partial charge in [-0.2, -0.15) is 0 Å². The quantitative estimate of drug-likeness (QED) is 0.449. The second kappa shape index (κ2) is 4.11. The standard InChI is InChI=1S/C9H10F/c10-8-4-7-9-5-2-1-3-6-9/h1,5H,2-3,6,8H2. The fourth-order valence-corrected chi connectivity index (χ4v) is 0.964. The largest absolute Gasteiger partial charge is 0.237 e. The molecule has 1 aliphatic carbocycles. The van der Waals surface area contributed by atoms with Crippen molar-refractivity contribution in [1.29, 1.82) is 0 Å². The van der Waals surface area contributed by atoms with E-state index < -0.39 is 6.67 Å². The van der Waals surface area contributed by atoms with Gasteiger partial charge >= 0.3 is 0 Å². The summed E-state index contributed by atoms with van der Waals surface area (Å²) in [6.45, 7) is -0.527. The minimum atomic E-state index is -0.527. The third-order valence-electron chi connectivity index (χ3n) is 1.46. The van der Waals surface area contributed by atoms with Crippen molar-refractivity contribution in [2.24, 2.45) is 0 Å². The zero-order valence-corrected chi connectivity index (χ0v) is 5.86. The summed E-state index contributed by atoms with van der Waals surface area (Å²) in [6.07, 6.45) is 7.35. The highest BCUT2D eigenvalue weighted by molar-refractivity contribution is 5.30. The molecule has 0 aromatic heterocycles. The number of allylic oxidation sites excluding steroid dienone is 2. The van der Waals surface area contributed by atoms with E-state index in [1.54, 1.807) is 0 Å². The van der Waals surface area contributed by atoms with Crippen molar-refractivity contribution < 1.29 is 4.39 Å². The summed E-state index contributed by atoms with van der Waals surface area (Å²) in [7, 11) is 0. The monoisotopic (exact) mass is 137 g/mol. The van der Waals surface area contributed by atoms with Crippen LogP contribution in [0.2, 0.25) is 0 Å². The van der Waals surface area contributed by atoms with E-state index in [0.29, 0.717) is 0 Å². The Balaban J connectivity index is 2.46. The Morgan fingerprint density at radius 1 is 1.60 bits per heavy atom. The highest BCUT2D eigenvalue weighted by Crippen LogP contribution is 2.14. The summed E-state index contributed by atoms with van der Waals surface area (Å²) < 4.78 is 11.5. The van der Waals surface area contributed by atoms with Crippen LogP contribution in [-0.4, -0.2) is 6.67 Å². The van der Waals surface area contributed by atoms with Crippen LogP contribution < -0.4 is 0 Å². The topological polar surface area (TPSA) is 0 Å². The summed E-state index contributed by atoms with van der Waals surface area (Å²) in [5.41, 5.74) is 1.10. The first-order valence-electron chi connectivity index (χ1n) is 3.49. The van der Waals surface area contributed by atoms with Crippen molar-refractivity contribution in [1.82, 2.24) is 0 Å². The third-order valence-corrected chi connectivity index (χ3v) is 1.46. The zero-order valence-electron chi connectivity index (χ0n) is 5.86. The first-order chi connectivity index (χ1) is 4.93. The van der Waals surface area contributed by atoms with Crippen LogP contribution in [0.1, 0.15) is 19.3 Å². The van der Waals surface area contributed by atoms with Crippen LogP contribution in [0.15, 0.2) is 11.6 Å². The molecule has 0 heterocycles. The average molecular weight is 137 g/mol. The van der Waals surface area contributed by atoms with Gasteiger partial charge in [-0.15, -0.1) is 0 Å². The maximum atomic E-state index is 11.5. The summed E-state index contributed by atoms with van der Waals surface area (Å²) in [6, 6.07) is 0. The van der Waals surface area contributed by atoms with Crippen LogP contribution >= 0.6 is 0 Å². The molecule has 1 rings (SSSR count). The van der Waals surface area contributed by atoms with Gasteiger partial charge in [-0.1, -0.05) is 17.9 Å². The summed E-state index contributed by atoms with van der Waals surface area (Å²) >= 11 is 0. The Labute approximate surface area is 61.1 Å². The molecule has 0 saturated heterocycles. The van der Waals surface area contributed by atoms with E-state index in [1.165, 1.54) is 0 Å². The Bertz CT molecular complexity index is 181. The van der Waals surface area contributed by atoms with Crippen molar-refractivity contribution >= 4 is 0 Å². The maximum absolute atomic E-state index is 11.5. The average Bonchev–Trinajstić information content (AvgIpc) is 2.03. The van der Waals surface area contributed by atoms with Crippen molar-refractivity contribution in [3.63, 3.8) is 0 Å². The summed E-state index contributed by atoms with van der Waals surface area (Å²) in [5, 5.41) is 0. The minimum absolute atomic E-state index is 0.527. The fourth-order valence-electron chi connectivity index (χ4n) is 0.964. The molecule has 0 aliphatic heterocycles. The molecular formula is C9H10F. The molecule has 10 heavy (non-hydrogen) atoms. The normalized spacial score (nSPS) is 17.1. The summed E-state index contributed by atoms with van der Waals surface area (Å²) in [5.74, 6) is 5.21. The molecule has 0 bridgehead atoms. The lowest BCUT2D eigenvalue weighted by Crippen LogP contribution is -1.89. The van der Waals surface area contributed by atoms with E-state index in [4.69, 9.17) is 0 Å². The van der Waals surface area contributed by atoms with Crippen molar-refractivity contribution in [2.75, 3.05) is 6.67 Å². The van der Waals surface area contributed by atoms with Gasteiger partial charge in [0.05, 0.1) is 0 Å². The molecule has 1 heteroatoms.